The van der Waals surface area contributed by atoms with Gasteiger partial charge in [-0.1, -0.05) is 18.2 Å². The monoisotopic (exact) mass is 384 g/mol. The third kappa shape index (κ3) is 4.77. The first-order valence-corrected chi connectivity index (χ1v) is 9.88. The van der Waals surface area contributed by atoms with Crippen LogP contribution in [0, 0.1) is 13.8 Å². The Kier molecular flexibility index (Phi) is 5.96. The summed E-state index contributed by atoms with van der Waals surface area (Å²) in [4.78, 5) is 29.6. The normalized spacial score (nSPS) is 12.2. The zero-order valence-corrected chi connectivity index (χ0v) is 16.4. The smallest absolute Gasteiger partial charge is 0.326 e. The average molecular weight is 385 g/mol. The van der Waals surface area contributed by atoms with Gasteiger partial charge in [0.15, 0.2) is 0 Å². The highest BCUT2D eigenvalue weighted by Crippen LogP contribution is 2.22. The number of carbonyl (C=O) groups is 2. The first-order chi connectivity index (χ1) is 12.9. The third-order valence-electron chi connectivity index (χ3n) is 4.73. The largest absolute Gasteiger partial charge is 0.480 e. The number of fused-ring (bicyclic) bond motifs is 1. The van der Waals surface area contributed by atoms with Gasteiger partial charge in [-0.3, -0.25) is 4.79 Å². The summed E-state index contributed by atoms with van der Waals surface area (Å²) in [7, 11) is 0. The molecule has 0 saturated carbocycles. The van der Waals surface area contributed by atoms with E-state index in [0.717, 1.165) is 22.9 Å². The zero-order valence-electron chi connectivity index (χ0n) is 15.5. The molecule has 0 bridgehead atoms. The van der Waals surface area contributed by atoms with Crippen molar-refractivity contribution in [1.82, 2.24) is 10.3 Å². The van der Waals surface area contributed by atoms with Gasteiger partial charge in [-0.15, -0.1) is 11.3 Å². The van der Waals surface area contributed by atoms with E-state index in [1.165, 1.54) is 15.3 Å². The van der Waals surface area contributed by atoms with Gasteiger partial charge in [0.25, 0.3) is 0 Å². The molecule has 3 rings (SSSR count). The van der Waals surface area contributed by atoms with Gasteiger partial charge in [0.1, 0.15) is 6.04 Å². The van der Waals surface area contributed by atoms with Gasteiger partial charge >= 0.3 is 5.97 Å². The number of hydrogen-bond donors (Lipinski definition) is 3. The Morgan fingerprint density at radius 2 is 2.00 bits per heavy atom. The Labute approximate surface area is 162 Å². The standard InChI is InChI=1S/C21H24N2O3S/c1-13-10-15(14(2)27-13)6-5-9-20(24)23-19(21(25)26)11-16-12-22-18-8-4-3-7-17(16)18/h3-4,7-8,10,12,19,22H,5-6,9,11H2,1-2H3,(H,23,24)(H,25,26). The van der Waals surface area contributed by atoms with Crippen LogP contribution in [0.2, 0.25) is 0 Å². The molecule has 2 aromatic heterocycles. The molecule has 0 radical (unpaired) electrons. The number of aryl methyl sites for hydroxylation is 3. The molecule has 27 heavy (non-hydrogen) atoms. The number of benzene rings is 1. The predicted molar refractivity (Wildman–Crippen MR) is 108 cm³/mol. The van der Waals surface area contributed by atoms with Crippen molar-refractivity contribution in [1.29, 1.82) is 0 Å². The summed E-state index contributed by atoms with van der Waals surface area (Å²) in [5.74, 6) is -1.23. The van der Waals surface area contributed by atoms with E-state index >= 15 is 0 Å². The van der Waals surface area contributed by atoms with Crippen molar-refractivity contribution in [2.24, 2.45) is 0 Å². The molecule has 3 N–H and O–H groups in total. The second-order valence-electron chi connectivity index (χ2n) is 6.81. The fourth-order valence-corrected chi connectivity index (χ4v) is 4.33. The van der Waals surface area contributed by atoms with Crippen LogP contribution in [0.5, 0.6) is 0 Å². The molecule has 0 spiro atoms. The number of nitrogens with one attached hydrogen (secondary N) is 2. The summed E-state index contributed by atoms with van der Waals surface area (Å²) >= 11 is 1.76. The molecule has 1 aromatic carbocycles. The van der Waals surface area contributed by atoms with Crippen molar-refractivity contribution in [3.8, 4) is 0 Å². The van der Waals surface area contributed by atoms with E-state index in [-0.39, 0.29) is 12.3 Å². The molecule has 3 aromatic rings. The van der Waals surface area contributed by atoms with E-state index in [2.05, 4.69) is 30.2 Å². The van der Waals surface area contributed by atoms with Gasteiger partial charge in [-0.05, 0) is 49.9 Å². The Balaban J connectivity index is 1.56. The zero-order chi connectivity index (χ0) is 19.4. The highest BCUT2D eigenvalue weighted by Gasteiger charge is 2.21. The number of carboxylic acid groups (broad SMARTS) is 1. The van der Waals surface area contributed by atoms with Crippen LogP contribution in [0.3, 0.4) is 0 Å². The number of hydrogen-bond acceptors (Lipinski definition) is 3. The Hall–Kier alpha value is -2.60. The Morgan fingerprint density at radius 3 is 2.70 bits per heavy atom. The molecule has 0 aliphatic rings. The summed E-state index contributed by atoms with van der Waals surface area (Å²) < 4.78 is 0. The van der Waals surface area contributed by atoms with E-state index in [4.69, 9.17) is 0 Å². The number of carboxylic acids is 1. The first kappa shape index (κ1) is 19.2. The minimum atomic E-state index is -1.02. The average Bonchev–Trinajstić information content (AvgIpc) is 3.17. The fraction of sp³-hybridized carbons (Fsp3) is 0.333. The second kappa shape index (κ2) is 8.39. The fourth-order valence-electron chi connectivity index (χ4n) is 3.36. The van der Waals surface area contributed by atoms with Gasteiger partial charge in [0, 0.05) is 39.7 Å². The maximum Gasteiger partial charge on any atom is 0.326 e. The summed E-state index contributed by atoms with van der Waals surface area (Å²) in [6, 6.07) is 8.98. The summed E-state index contributed by atoms with van der Waals surface area (Å²) in [5, 5.41) is 13.2. The quantitative estimate of drug-likeness (QED) is 0.549. The number of aromatic amines is 1. The topological polar surface area (TPSA) is 82.2 Å². The third-order valence-corrected chi connectivity index (χ3v) is 5.73. The van der Waals surface area contributed by atoms with Gasteiger partial charge in [-0.25, -0.2) is 4.79 Å². The van der Waals surface area contributed by atoms with Gasteiger partial charge < -0.3 is 15.4 Å². The van der Waals surface area contributed by atoms with E-state index < -0.39 is 12.0 Å². The molecule has 142 valence electrons. The molecule has 2 heterocycles. The van der Waals surface area contributed by atoms with Gasteiger partial charge in [0.2, 0.25) is 5.91 Å². The van der Waals surface area contributed by atoms with Crippen molar-refractivity contribution in [2.45, 2.75) is 45.6 Å². The number of aliphatic carboxylic acids is 1. The highest BCUT2D eigenvalue weighted by molar-refractivity contribution is 7.12. The van der Waals surface area contributed by atoms with Gasteiger partial charge in [-0.2, -0.15) is 0 Å². The Morgan fingerprint density at radius 1 is 1.22 bits per heavy atom. The molecule has 0 fully saturated rings. The lowest BCUT2D eigenvalue weighted by Crippen LogP contribution is -2.42. The highest BCUT2D eigenvalue weighted by atomic mass is 32.1. The number of thiophene rings is 1. The van der Waals surface area contributed by atoms with Crippen LogP contribution in [0.25, 0.3) is 10.9 Å². The van der Waals surface area contributed by atoms with Crippen molar-refractivity contribution in [3.63, 3.8) is 0 Å². The number of H-pyrrole nitrogens is 1. The van der Waals surface area contributed by atoms with Crippen molar-refractivity contribution >= 4 is 34.1 Å². The molecule has 6 heteroatoms. The molecule has 1 amide bonds. The summed E-state index contributed by atoms with van der Waals surface area (Å²) in [6.45, 7) is 4.17. The molecular weight excluding hydrogens is 360 g/mol. The van der Waals surface area contributed by atoms with E-state index in [1.807, 2.05) is 30.5 Å². The van der Waals surface area contributed by atoms with Crippen molar-refractivity contribution < 1.29 is 14.7 Å². The minimum Gasteiger partial charge on any atom is -0.480 e. The van der Waals surface area contributed by atoms with E-state index in [1.54, 1.807) is 11.3 Å². The van der Waals surface area contributed by atoms with Crippen LogP contribution in [0.15, 0.2) is 36.5 Å². The number of amides is 1. The van der Waals surface area contributed by atoms with Crippen LogP contribution < -0.4 is 5.32 Å². The molecular formula is C21H24N2O3S. The summed E-state index contributed by atoms with van der Waals surface area (Å²) in [5.41, 5.74) is 3.13. The molecule has 0 saturated heterocycles. The van der Waals surface area contributed by atoms with E-state index in [0.29, 0.717) is 12.8 Å². The van der Waals surface area contributed by atoms with Crippen LogP contribution in [0.4, 0.5) is 0 Å². The van der Waals surface area contributed by atoms with Crippen LogP contribution in [0.1, 0.15) is 33.7 Å². The summed E-state index contributed by atoms with van der Waals surface area (Å²) in [6.07, 6.45) is 3.94. The first-order valence-electron chi connectivity index (χ1n) is 9.07. The van der Waals surface area contributed by atoms with Crippen molar-refractivity contribution in [2.75, 3.05) is 0 Å². The predicted octanol–water partition coefficient (Wildman–Crippen LogP) is 3.98. The maximum absolute atomic E-state index is 12.3. The lowest BCUT2D eigenvalue weighted by atomic mass is 10.0. The van der Waals surface area contributed by atoms with Crippen LogP contribution in [-0.2, 0) is 22.4 Å². The molecule has 0 aliphatic carbocycles. The Bertz CT molecular complexity index is 957. The number of aromatic nitrogens is 1. The number of rotatable bonds is 8. The minimum absolute atomic E-state index is 0.216. The molecule has 0 aliphatic heterocycles. The molecule has 1 unspecified atom stereocenters. The van der Waals surface area contributed by atoms with Crippen LogP contribution >= 0.6 is 11.3 Å². The van der Waals surface area contributed by atoms with Crippen molar-refractivity contribution in [3.05, 3.63) is 57.4 Å². The lowest BCUT2D eigenvalue weighted by Gasteiger charge is -2.14. The maximum atomic E-state index is 12.3. The lowest BCUT2D eigenvalue weighted by molar-refractivity contribution is -0.141. The van der Waals surface area contributed by atoms with Crippen LogP contribution in [-0.4, -0.2) is 28.0 Å². The SMILES string of the molecule is Cc1cc(CCCC(=O)NC(Cc2c[nH]c3ccccc23)C(=O)O)c(C)s1. The second-order valence-corrected chi connectivity index (χ2v) is 8.27. The number of carbonyl (C=O) groups excluding carboxylic acids is 1. The molecule has 5 nitrogen and oxygen atoms in total. The van der Waals surface area contributed by atoms with Gasteiger partial charge in [0.05, 0.1) is 0 Å². The number of para-hydroxylation sites is 1. The van der Waals surface area contributed by atoms with E-state index in [9.17, 15) is 14.7 Å². The molecule has 1 atom stereocenters.